The van der Waals surface area contributed by atoms with Gasteiger partial charge in [-0.15, -0.1) is 11.3 Å². The quantitative estimate of drug-likeness (QED) is 0.0813. The largest absolute Gasteiger partial charge is 0.486 e. The molecule has 1 atom stereocenters. The van der Waals surface area contributed by atoms with Gasteiger partial charge < -0.3 is 39.3 Å². The van der Waals surface area contributed by atoms with E-state index in [1.54, 1.807) is 11.3 Å². The first-order chi connectivity index (χ1) is 61.1. The van der Waals surface area contributed by atoms with E-state index in [0.717, 1.165) is 64.2 Å². The van der Waals surface area contributed by atoms with Crippen molar-refractivity contribution in [2.75, 3.05) is 57.9 Å². The normalized spacial score (nSPS) is 14.1. The summed E-state index contributed by atoms with van der Waals surface area (Å²) in [6.07, 6.45) is 5.65. The van der Waals surface area contributed by atoms with Gasteiger partial charge in [0.1, 0.15) is 23.1 Å². The number of fused-ring (bicyclic) bond motifs is 9. The number of hydrogen-bond donors (Lipinski definition) is 6. The van der Waals surface area contributed by atoms with Crippen LogP contribution in [0.5, 0.6) is 23.0 Å². The van der Waals surface area contributed by atoms with Gasteiger partial charge in [-0.3, -0.25) is 9.44 Å². The minimum absolute atomic E-state index is 0. The van der Waals surface area contributed by atoms with Gasteiger partial charge >= 0.3 is 0 Å². The number of thiazole rings is 1. The molecule has 0 saturated heterocycles. The number of aromatic amines is 1. The van der Waals surface area contributed by atoms with Crippen LogP contribution < -0.4 is 43.7 Å². The molecule has 0 fully saturated rings. The Balaban J connectivity index is 0.00000141. The number of hydrogen-bond acceptors (Lipinski definition) is 10. The van der Waals surface area contributed by atoms with E-state index < -0.39 is 19.6 Å². The van der Waals surface area contributed by atoms with Gasteiger partial charge in [0.2, 0.25) is 6.79 Å². The molecule has 8 heterocycles. The molecule has 744 valence electrons. The highest BCUT2D eigenvalue weighted by atomic mass is 32.2. The van der Waals surface area contributed by atoms with Crippen LogP contribution in [0, 0.1) is 48.7 Å². The van der Waals surface area contributed by atoms with Crippen LogP contribution in [0.4, 0.5) is 28.4 Å². The Labute approximate surface area is 823 Å². The third-order valence-electron chi connectivity index (χ3n) is 13.9. The van der Waals surface area contributed by atoms with E-state index in [-0.39, 0.29) is 7.43 Å². The Bertz CT molecular complexity index is 4620. The number of nitrogens with one attached hydrogen (secondary N) is 6. The second kappa shape index (κ2) is 60.6. The average molecular weight is 1890 g/mol. The molecule has 0 aliphatic carbocycles. The minimum Gasteiger partial charge on any atom is -0.486 e. The molecule has 1 unspecified atom stereocenters. The zero-order valence-corrected chi connectivity index (χ0v) is 91.7. The zero-order chi connectivity index (χ0) is 101. The molecule has 10 aromatic carbocycles. The Morgan fingerprint density at radius 2 is 0.612 bits per heavy atom. The Morgan fingerprint density at radius 3 is 0.978 bits per heavy atom. The summed E-state index contributed by atoms with van der Waals surface area (Å²) < 4.78 is 53.2. The van der Waals surface area contributed by atoms with Crippen molar-refractivity contribution in [3.63, 3.8) is 0 Å². The van der Waals surface area contributed by atoms with Crippen LogP contribution in [0.15, 0.2) is 260 Å². The first-order valence-corrected chi connectivity index (χ1v) is 51.4. The third kappa shape index (κ3) is 75.4. The monoisotopic (exact) mass is 1890 g/mol. The molecule has 0 spiro atoms. The lowest BCUT2D eigenvalue weighted by Crippen LogP contribution is -2.14. The van der Waals surface area contributed by atoms with Crippen molar-refractivity contribution in [2.24, 2.45) is 48.7 Å². The first kappa shape index (κ1) is 124. The van der Waals surface area contributed by atoms with E-state index >= 15 is 0 Å². The molecule has 2 aromatic heterocycles. The minimum atomic E-state index is -2.31. The van der Waals surface area contributed by atoms with Gasteiger partial charge in [0.25, 0.3) is 0 Å². The summed E-state index contributed by atoms with van der Waals surface area (Å²) in [6, 6.07) is 82.7. The van der Waals surface area contributed by atoms with Gasteiger partial charge in [0.15, 0.2) is 23.0 Å². The van der Waals surface area contributed by atoms with Crippen molar-refractivity contribution < 1.29 is 27.4 Å². The van der Waals surface area contributed by atoms with Crippen molar-refractivity contribution in [1.29, 1.82) is 0 Å². The molecule has 13 nitrogen and oxygen atoms in total. The summed E-state index contributed by atoms with van der Waals surface area (Å²) in [6.45, 7) is 82.7. The van der Waals surface area contributed by atoms with Gasteiger partial charge in [-0.1, -0.05) is 427 Å². The summed E-state index contributed by atoms with van der Waals surface area (Å²) >= 11 is 1.68. The molecule has 18 rings (SSSR count). The summed E-state index contributed by atoms with van der Waals surface area (Å²) in [5.41, 5.74) is 18.0. The Hall–Kier alpha value is -9.87. The zero-order valence-electron chi connectivity index (χ0n) is 89.2. The fourth-order valence-electron chi connectivity index (χ4n) is 9.70. The second-order valence-corrected chi connectivity index (χ2v) is 52.2. The van der Waals surface area contributed by atoms with Crippen LogP contribution in [0.2, 0.25) is 0 Å². The number of para-hydroxylation sites is 11. The number of benzene rings is 10. The molecular formula is C118H183N7O6S3. The van der Waals surface area contributed by atoms with E-state index in [2.05, 4.69) is 417 Å². The first-order valence-electron chi connectivity index (χ1n) is 46.9. The fourth-order valence-corrected chi connectivity index (χ4v) is 12.9. The molecule has 16 heteroatoms. The average Bonchev–Trinajstić information content (AvgIpc) is 1.68. The fraction of sp³-hybridized carbons (Fsp3) is 0.466. The number of nitrogens with zero attached hydrogens (tertiary/aromatic N) is 1. The smallest absolute Gasteiger partial charge is 0.231 e. The topological polar surface area (TPSA) is 160 Å². The number of H-pyrrole nitrogens is 1. The van der Waals surface area contributed by atoms with Crippen LogP contribution in [0.25, 0.3) is 31.9 Å². The van der Waals surface area contributed by atoms with Gasteiger partial charge in [-0.2, -0.15) is 0 Å². The maximum absolute atomic E-state index is 11.4. The third-order valence-corrected chi connectivity index (χ3v) is 17.2. The maximum atomic E-state index is 11.4. The molecule has 6 N–H and O–H groups in total. The molecular weight excluding hydrogens is 1710 g/mol. The van der Waals surface area contributed by atoms with Crippen molar-refractivity contribution in [3.8, 4) is 23.0 Å². The molecule has 12 aromatic rings. The molecule has 6 aliphatic rings. The summed E-state index contributed by atoms with van der Waals surface area (Å²) in [5.74, 6) is 11.0. The highest BCUT2D eigenvalue weighted by Crippen LogP contribution is 2.33. The predicted octanol–water partition coefficient (Wildman–Crippen LogP) is 35.3. The van der Waals surface area contributed by atoms with Gasteiger partial charge in [-0.05, 0) is 191 Å². The number of ether oxygens (including phenoxy) is 4. The van der Waals surface area contributed by atoms with Crippen LogP contribution >= 0.6 is 11.3 Å². The Morgan fingerprint density at radius 1 is 0.313 bits per heavy atom. The van der Waals surface area contributed by atoms with Crippen LogP contribution in [0.1, 0.15) is 280 Å². The van der Waals surface area contributed by atoms with Gasteiger partial charge in [0.05, 0.1) is 32.9 Å². The molecule has 6 aliphatic heterocycles. The van der Waals surface area contributed by atoms with Crippen molar-refractivity contribution >= 4 is 103 Å². The lowest BCUT2D eigenvalue weighted by Gasteiger charge is -2.17. The predicted molar refractivity (Wildman–Crippen MR) is 605 cm³/mol. The van der Waals surface area contributed by atoms with Gasteiger partial charge in [-0.25, -0.2) is 13.4 Å². The van der Waals surface area contributed by atoms with E-state index in [1.807, 2.05) is 139 Å². The van der Waals surface area contributed by atoms with Crippen LogP contribution in [-0.2, 0) is 38.2 Å². The standard InChI is InChI=1S/C10H8.C9H11N.C8H9NOS.C8H9N.C8H7N.C8H8O2.C7H8N2OS.C7H5NS.C7H6O2.9C5H12.CH4/c1-2-6-10-8-4-3-7-9(10)5-1;1-2-6-9-8(4-1)5-3-7-10-9;1-11(10)6-7-4-2-3-5-8(7)9-11;2*1-2-4-8-7(3-1)5-6-9-8;1-2-4-8-7(3-1)9-5-6-10-8;1-11(10)8-6-4-2-3-5-7(6)9-11;2*1-2-4-7-6(3-1)8-5-9-7;9*1-5(2,3)4;/h1-8H;1-2,4,6,10H,3,5,7H2;2-5H,1,6H2,(H,9,10);1-4,9H,5-6H2;1-6,9H;1-4H,5-6H2;2-5H,1H2,(H2,8,9,10);1-5H;1-4H,5H2;9*1-4H3;1H4. The van der Waals surface area contributed by atoms with E-state index in [9.17, 15) is 8.42 Å². The highest BCUT2D eigenvalue weighted by Gasteiger charge is 2.18. The lowest BCUT2D eigenvalue weighted by molar-refractivity contribution is 0.171. The second-order valence-electron chi connectivity index (χ2n) is 47.4. The summed E-state index contributed by atoms with van der Waals surface area (Å²) in [5, 5.41) is 10.6. The number of rotatable bonds is 0. The summed E-state index contributed by atoms with van der Waals surface area (Å²) in [4.78, 5) is 7.26. The van der Waals surface area contributed by atoms with Crippen molar-refractivity contribution in [2.45, 2.75) is 282 Å². The Kier molecular flexibility index (Phi) is 56.1. The highest BCUT2D eigenvalue weighted by molar-refractivity contribution is 8.03. The van der Waals surface area contributed by atoms with Gasteiger partial charge in [0, 0.05) is 51.6 Å². The lowest BCUT2D eigenvalue weighted by atomic mass is 10.0. The van der Waals surface area contributed by atoms with Crippen molar-refractivity contribution in [3.05, 3.63) is 277 Å². The van der Waals surface area contributed by atoms with Crippen LogP contribution in [0.3, 0.4) is 0 Å². The molecule has 0 bridgehead atoms. The molecule has 0 saturated carbocycles. The SMILES string of the molecule is C.C=S1(=O)Cc2ccccc2N1.C=S1(=O)Nc2ccccc2N1.CC(C)(C)C.CC(C)(C)C.CC(C)(C)C.CC(C)(C)C.CC(C)(C)C.CC(C)(C)C.CC(C)(C)C.CC(C)(C)C.CC(C)(C)C.c1ccc2[nH]ccc2c1.c1ccc2c(c1)CCCN2.c1ccc2c(c1)CCN2.c1ccc2c(c1)OCCO2.c1ccc2c(c1)OCO2.c1ccc2ccccc2c1.c1ccc2scnc2c1. The maximum Gasteiger partial charge on any atom is 0.231 e. The molecule has 0 radical (unpaired) electrons. The molecule has 134 heavy (non-hydrogen) atoms. The van der Waals surface area contributed by atoms with Crippen molar-refractivity contribution in [1.82, 2.24) is 9.97 Å². The number of anilines is 5. The van der Waals surface area contributed by atoms with E-state index in [1.165, 1.54) is 68.1 Å². The number of aromatic nitrogens is 2. The number of aryl methyl sites for hydroxylation is 1. The molecule has 0 amide bonds. The van der Waals surface area contributed by atoms with E-state index in [4.69, 9.17) is 18.9 Å². The summed E-state index contributed by atoms with van der Waals surface area (Å²) in [7, 11) is -4.36. The van der Waals surface area contributed by atoms with Crippen LogP contribution in [-0.4, -0.2) is 63.2 Å². The van der Waals surface area contributed by atoms with E-state index in [0.29, 0.717) is 74.5 Å².